The molecule has 0 aromatic rings. The molecule has 0 saturated carbocycles. The molecule has 2 nitrogen and oxygen atoms in total. The molecule has 0 amide bonds. The second-order valence-electron chi connectivity index (χ2n) is 4.47. The maximum absolute atomic E-state index is 11.6. The van der Waals surface area contributed by atoms with Gasteiger partial charge in [0.25, 0.3) is 0 Å². The number of aliphatic imine (C=N–C) groups is 1. The van der Waals surface area contributed by atoms with Crippen LogP contribution in [0.5, 0.6) is 0 Å². The summed E-state index contributed by atoms with van der Waals surface area (Å²) >= 11 is 0. The molecule has 0 bridgehead atoms. The van der Waals surface area contributed by atoms with Crippen molar-refractivity contribution >= 4 is 19.2 Å². The lowest BCUT2D eigenvalue weighted by Crippen LogP contribution is -2.34. The highest BCUT2D eigenvalue weighted by Crippen LogP contribution is 2.06. The summed E-state index contributed by atoms with van der Waals surface area (Å²) in [5.41, 5.74) is 0.995. The Morgan fingerprint density at radius 2 is 1.85 bits per heavy atom. The normalized spacial score (nSPS) is 13.2. The highest BCUT2D eigenvalue weighted by molar-refractivity contribution is 7.03. The van der Waals surface area contributed by atoms with Gasteiger partial charge in [0.1, 0.15) is 13.5 Å². The summed E-state index contributed by atoms with van der Waals surface area (Å²) < 4.78 is 0. The van der Waals surface area contributed by atoms with Gasteiger partial charge in [0.05, 0.1) is 0 Å². The average molecular weight is 199 g/mol. The molecule has 0 aliphatic carbocycles. The fraction of sp³-hybridized carbons (Fsp3) is 0.800. The monoisotopic (exact) mass is 199 g/mol. The molecule has 0 rings (SSSR count). The zero-order chi connectivity index (χ0) is 10.5. The molecule has 0 aliphatic heterocycles. The van der Waals surface area contributed by atoms with Crippen LogP contribution in [0.4, 0.5) is 0 Å². The lowest BCUT2D eigenvalue weighted by molar-refractivity contribution is -0.111. The van der Waals surface area contributed by atoms with Gasteiger partial charge in [0.15, 0.2) is 0 Å². The largest absolute Gasteiger partial charge is 0.305 e. The van der Waals surface area contributed by atoms with Crippen molar-refractivity contribution < 1.29 is 4.79 Å². The van der Waals surface area contributed by atoms with E-state index in [4.69, 9.17) is 0 Å². The van der Waals surface area contributed by atoms with Crippen LogP contribution in [-0.2, 0) is 4.79 Å². The van der Waals surface area contributed by atoms with Crippen LogP contribution in [0.15, 0.2) is 4.99 Å². The highest BCUT2D eigenvalue weighted by atomic mass is 28.3. The first-order valence-corrected chi connectivity index (χ1v) is 8.41. The number of carbonyl (C=O) groups is 1. The van der Waals surface area contributed by atoms with Crippen LogP contribution >= 0.6 is 0 Å². The molecule has 3 heteroatoms. The molecule has 13 heavy (non-hydrogen) atoms. The SMILES string of the molecule is CCC/N=C(\C)CC(=O)[Si](C)(C)C. The Kier molecular flexibility index (Phi) is 5.14. The summed E-state index contributed by atoms with van der Waals surface area (Å²) in [5, 5.41) is 0.407. The van der Waals surface area contributed by atoms with Crippen molar-refractivity contribution in [2.24, 2.45) is 4.99 Å². The molecule has 76 valence electrons. The Morgan fingerprint density at radius 3 is 2.23 bits per heavy atom. The van der Waals surface area contributed by atoms with E-state index < -0.39 is 8.07 Å². The minimum atomic E-state index is -1.58. The van der Waals surface area contributed by atoms with E-state index in [1.54, 1.807) is 0 Å². The molecule has 0 atom stereocenters. The quantitative estimate of drug-likeness (QED) is 0.494. The maximum Gasteiger partial charge on any atom is 0.124 e. The predicted molar refractivity (Wildman–Crippen MR) is 61.2 cm³/mol. The van der Waals surface area contributed by atoms with E-state index in [2.05, 4.69) is 31.6 Å². The van der Waals surface area contributed by atoms with Gasteiger partial charge in [-0.05, 0) is 13.3 Å². The minimum Gasteiger partial charge on any atom is -0.305 e. The molecule has 0 aromatic carbocycles. The Hall–Kier alpha value is -0.443. The predicted octanol–water partition coefficient (Wildman–Crippen LogP) is 2.69. The van der Waals surface area contributed by atoms with E-state index in [-0.39, 0.29) is 0 Å². The fourth-order valence-electron chi connectivity index (χ4n) is 0.856. The number of rotatable bonds is 5. The van der Waals surface area contributed by atoms with Crippen molar-refractivity contribution in [3.05, 3.63) is 0 Å². The van der Waals surface area contributed by atoms with Gasteiger partial charge in [0, 0.05) is 18.7 Å². The van der Waals surface area contributed by atoms with E-state index in [0.29, 0.717) is 11.8 Å². The molecule has 0 N–H and O–H groups in total. The summed E-state index contributed by atoms with van der Waals surface area (Å²) in [6, 6.07) is 0. The van der Waals surface area contributed by atoms with Crippen LogP contribution in [-0.4, -0.2) is 25.7 Å². The first kappa shape index (κ1) is 12.6. The van der Waals surface area contributed by atoms with E-state index >= 15 is 0 Å². The van der Waals surface area contributed by atoms with Gasteiger partial charge in [-0.1, -0.05) is 26.6 Å². The third kappa shape index (κ3) is 5.74. The Balaban J connectivity index is 4.07. The van der Waals surface area contributed by atoms with E-state index in [0.717, 1.165) is 18.7 Å². The molecule has 0 saturated heterocycles. The lowest BCUT2D eigenvalue weighted by atomic mass is 10.3. The molecule has 0 unspecified atom stereocenters. The van der Waals surface area contributed by atoms with Gasteiger partial charge in [-0.3, -0.25) is 4.99 Å². The zero-order valence-electron chi connectivity index (χ0n) is 9.48. The Morgan fingerprint density at radius 1 is 1.31 bits per heavy atom. The molecule has 0 radical (unpaired) electrons. The summed E-state index contributed by atoms with van der Waals surface area (Å²) in [6.45, 7) is 11.2. The second-order valence-corrected chi connectivity index (χ2v) is 9.52. The number of hydrogen-bond acceptors (Lipinski definition) is 2. The summed E-state index contributed by atoms with van der Waals surface area (Å²) in [4.78, 5) is 15.9. The van der Waals surface area contributed by atoms with Crippen molar-refractivity contribution in [3.8, 4) is 0 Å². The molecule has 0 fully saturated rings. The summed E-state index contributed by atoms with van der Waals surface area (Å²) in [5.74, 6) is 0. The molecular formula is C10H21NOSi. The third-order valence-corrected chi connectivity index (χ3v) is 3.71. The van der Waals surface area contributed by atoms with Gasteiger partial charge in [-0.15, -0.1) is 0 Å². The van der Waals surface area contributed by atoms with Gasteiger partial charge in [-0.2, -0.15) is 0 Å². The van der Waals surface area contributed by atoms with Crippen LogP contribution in [0.3, 0.4) is 0 Å². The summed E-state index contributed by atoms with van der Waals surface area (Å²) in [7, 11) is -1.58. The van der Waals surface area contributed by atoms with Crippen molar-refractivity contribution in [3.63, 3.8) is 0 Å². The van der Waals surface area contributed by atoms with Gasteiger partial charge < -0.3 is 4.79 Å². The Bertz CT molecular complexity index is 203. The van der Waals surface area contributed by atoms with Crippen LogP contribution in [0, 0.1) is 0 Å². The number of nitrogens with zero attached hydrogens (tertiary/aromatic N) is 1. The van der Waals surface area contributed by atoms with Crippen molar-refractivity contribution in [1.29, 1.82) is 0 Å². The van der Waals surface area contributed by atoms with Gasteiger partial charge >= 0.3 is 0 Å². The van der Waals surface area contributed by atoms with Crippen molar-refractivity contribution in [2.75, 3.05) is 6.54 Å². The first-order chi connectivity index (χ1) is 5.88. The average Bonchev–Trinajstić information content (AvgIpc) is 1.99. The van der Waals surface area contributed by atoms with Crippen LogP contribution in [0.1, 0.15) is 26.7 Å². The van der Waals surface area contributed by atoms with Crippen molar-refractivity contribution in [1.82, 2.24) is 0 Å². The molecule has 0 aromatic heterocycles. The van der Waals surface area contributed by atoms with Crippen LogP contribution in [0.25, 0.3) is 0 Å². The van der Waals surface area contributed by atoms with Crippen LogP contribution in [0.2, 0.25) is 19.6 Å². The minimum absolute atomic E-state index is 0.407. The molecular weight excluding hydrogens is 178 g/mol. The van der Waals surface area contributed by atoms with Crippen LogP contribution < -0.4 is 0 Å². The fourth-order valence-corrected chi connectivity index (χ4v) is 1.64. The second kappa shape index (κ2) is 5.32. The number of carbonyl (C=O) groups excluding carboxylic acids is 1. The molecule has 0 aliphatic rings. The lowest BCUT2D eigenvalue weighted by Gasteiger charge is -2.13. The van der Waals surface area contributed by atoms with Gasteiger partial charge in [-0.25, -0.2) is 0 Å². The first-order valence-electron chi connectivity index (χ1n) is 4.91. The van der Waals surface area contributed by atoms with Crippen molar-refractivity contribution in [2.45, 2.75) is 46.3 Å². The third-order valence-electron chi connectivity index (χ3n) is 1.86. The molecule has 0 heterocycles. The van der Waals surface area contributed by atoms with Gasteiger partial charge in [0.2, 0.25) is 0 Å². The number of hydrogen-bond donors (Lipinski definition) is 0. The Labute approximate surface area is 82.5 Å². The zero-order valence-corrected chi connectivity index (χ0v) is 10.5. The van der Waals surface area contributed by atoms with E-state index in [9.17, 15) is 4.79 Å². The molecule has 0 spiro atoms. The summed E-state index contributed by atoms with van der Waals surface area (Å²) in [6.07, 6.45) is 1.62. The maximum atomic E-state index is 11.6. The smallest absolute Gasteiger partial charge is 0.124 e. The standard InChI is InChI=1S/C10H21NOSi/c1-6-7-11-9(2)8-10(12)13(3,4)5/h6-8H2,1-5H3/b11-9+. The highest BCUT2D eigenvalue weighted by Gasteiger charge is 2.23. The van der Waals surface area contributed by atoms with E-state index in [1.807, 2.05) is 6.92 Å². The topological polar surface area (TPSA) is 29.4 Å². The van der Waals surface area contributed by atoms with E-state index in [1.165, 1.54) is 0 Å².